The van der Waals surface area contributed by atoms with Crippen molar-refractivity contribution in [1.29, 1.82) is 0 Å². The van der Waals surface area contributed by atoms with Crippen molar-refractivity contribution in [2.24, 2.45) is 5.92 Å². The third-order valence-electron chi connectivity index (χ3n) is 4.18. The number of carbonyl (C=O) groups is 1. The van der Waals surface area contributed by atoms with Crippen molar-refractivity contribution in [3.8, 4) is 11.8 Å². The molecule has 0 aromatic heterocycles. The third kappa shape index (κ3) is 5.09. The molecule has 4 heteroatoms. The second-order valence-corrected chi connectivity index (χ2v) is 5.70. The van der Waals surface area contributed by atoms with Gasteiger partial charge in [-0.1, -0.05) is 75.0 Å². The van der Waals surface area contributed by atoms with Gasteiger partial charge < -0.3 is 9.84 Å². The van der Waals surface area contributed by atoms with E-state index < -0.39 is 93.1 Å². The molecule has 1 atom stereocenters. The van der Waals surface area contributed by atoms with E-state index in [2.05, 4.69) is 0 Å². The summed E-state index contributed by atoms with van der Waals surface area (Å²) in [5.41, 5.74) is -3.74. The molecule has 0 bridgehead atoms. The highest BCUT2D eigenvalue weighted by molar-refractivity contribution is 5.81. The Morgan fingerprint density at radius 2 is 2.00 bits per heavy atom. The fourth-order valence-corrected chi connectivity index (χ4v) is 2.85. The Hall–Kier alpha value is -1.83. The van der Waals surface area contributed by atoms with Crippen molar-refractivity contribution in [3.05, 3.63) is 35.8 Å². The van der Waals surface area contributed by atoms with Crippen LogP contribution in [-0.4, -0.2) is 42.1 Å². The Labute approximate surface area is 181 Å². The number of hydrogen-bond acceptors (Lipinski definition) is 4. The van der Waals surface area contributed by atoms with Crippen LogP contribution < -0.4 is 0 Å². The summed E-state index contributed by atoms with van der Waals surface area (Å²) in [7, 11) is 0. The summed E-state index contributed by atoms with van der Waals surface area (Å²) in [6.07, 6.45) is 2.03. The SMILES string of the molecule is [2H]c1c([2H])c([2H])c(C(O)(C(=O)OC([2H])([2H])C#CCN(C([2H])([2H])C([2H])([2H])[2H])C([2H])([2H])C([2H])([2H])[2H])C2CCCCC2)c([2H])c1[2H]. The van der Waals surface area contributed by atoms with E-state index in [1.165, 1.54) is 0 Å². The first kappa shape index (κ1) is 7.30. The third-order valence-corrected chi connectivity index (χ3v) is 4.18. The van der Waals surface area contributed by atoms with Gasteiger partial charge in [0.2, 0.25) is 0 Å². The molecule has 1 fully saturated rings. The van der Waals surface area contributed by atoms with Gasteiger partial charge in [-0.3, -0.25) is 4.90 Å². The largest absolute Gasteiger partial charge is 0.450 e. The first-order valence-corrected chi connectivity index (χ1v) is 8.06. The van der Waals surface area contributed by atoms with Crippen LogP contribution in [0, 0.1) is 17.8 Å². The van der Waals surface area contributed by atoms with Crippen LogP contribution in [0.5, 0.6) is 0 Å². The molecule has 0 saturated heterocycles. The Morgan fingerprint density at radius 3 is 2.65 bits per heavy atom. The number of esters is 1. The second kappa shape index (κ2) is 10.4. The predicted octanol–water partition coefficient (Wildman–Crippen LogP) is 3.34. The van der Waals surface area contributed by atoms with E-state index in [0.717, 1.165) is 6.42 Å². The van der Waals surface area contributed by atoms with Crippen molar-refractivity contribution in [2.75, 3.05) is 26.1 Å². The number of ether oxygens (including phenoxy) is 1. The molecule has 2 rings (SSSR count). The Balaban J connectivity index is 2.56. The average molecular weight is 375 g/mol. The lowest BCUT2D eigenvalue weighted by Gasteiger charge is -2.36. The molecule has 1 aromatic rings. The number of benzene rings is 1. The fourth-order valence-electron chi connectivity index (χ4n) is 2.85. The average Bonchev–Trinajstić information content (AvgIpc) is 2.87. The molecule has 0 heterocycles. The molecule has 1 aliphatic rings. The summed E-state index contributed by atoms with van der Waals surface area (Å²) >= 11 is 0. The van der Waals surface area contributed by atoms with Crippen LogP contribution in [0.15, 0.2) is 30.2 Å². The minimum atomic E-state index is -3.61. The molecule has 1 N–H and O–H groups in total. The van der Waals surface area contributed by atoms with Crippen molar-refractivity contribution >= 4 is 5.97 Å². The predicted molar refractivity (Wildman–Crippen MR) is 103 cm³/mol. The molecule has 1 unspecified atom stereocenters. The van der Waals surface area contributed by atoms with E-state index in [-0.39, 0.29) is 17.7 Å². The standard InChI is InChI=1S/C22H31NO3/c1-3-23(4-2)17-11-12-18-26-21(24)22(25,19-13-7-5-8-14-19)20-15-9-6-10-16-20/h5,7-8,13-14,20,25H,3-4,6,9-10,15-18H2,1-2H3/i1D3,2D3,3D2,4D2,5D,7D,8D,13D,14D,18D2. The van der Waals surface area contributed by atoms with E-state index in [9.17, 15) is 9.90 Å². The van der Waals surface area contributed by atoms with Crippen molar-refractivity contribution < 1.29 is 37.9 Å². The molecule has 0 amide bonds. The summed E-state index contributed by atoms with van der Waals surface area (Å²) in [6.45, 7) is -19.0. The number of rotatable bonds is 7. The van der Waals surface area contributed by atoms with Crippen molar-refractivity contribution in [1.82, 2.24) is 4.90 Å². The molecule has 0 spiro atoms. The van der Waals surface area contributed by atoms with Crippen LogP contribution in [0.25, 0.3) is 0 Å². The molecule has 1 aliphatic carbocycles. The highest BCUT2D eigenvalue weighted by Crippen LogP contribution is 2.40. The fraction of sp³-hybridized carbons (Fsp3) is 0.591. The minimum Gasteiger partial charge on any atom is -0.450 e. The van der Waals surface area contributed by atoms with Gasteiger partial charge in [0.25, 0.3) is 0 Å². The van der Waals surface area contributed by atoms with E-state index >= 15 is 0 Å². The quantitative estimate of drug-likeness (QED) is 0.587. The van der Waals surface area contributed by atoms with E-state index in [1.54, 1.807) is 5.92 Å². The second-order valence-electron chi connectivity index (χ2n) is 5.70. The maximum absolute atomic E-state index is 13.5. The van der Waals surface area contributed by atoms with Crippen LogP contribution in [0.3, 0.4) is 0 Å². The van der Waals surface area contributed by atoms with Crippen LogP contribution in [0.4, 0.5) is 0 Å². The van der Waals surface area contributed by atoms with Gasteiger partial charge in [0.1, 0.15) is 0 Å². The summed E-state index contributed by atoms with van der Waals surface area (Å²) in [5, 5.41) is 11.8. The lowest BCUT2D eigenvalue weighted by molar-refractivity contribution is -0.174. The van der Waals surface area contributed by atoms with E-state index in [1.807, 2.05) is 5.92 Å². The van der Waals surface area contributed by atoms with Crippen LogP contribution in [0.1, 0.15) is 74.7 Å². The Morgan fingerprint density at radius 1 is 1.31 bits per heavy atom. The van der Waals surface area contributed by atoms with Gasteiger partial charge in [-0.2, -0.15) is 0 Å². The molecule has 0 radical (unpaired) electrons. The molecule has 0 aliphatic heterocycles. The van der Waals surface area contributed by atoms with Gasteiger partial charge in [-0.05, 0) is 31.4 Å². The molecule has 4 nitrogen and oxygen atoms in total. The van der Waals surface area contributed by atoms with Gasteiger partial charge in [-0.15, -0.1) is 0 Å². The van der Waals surface area contributed by atoms with Crippen molar-refractivity contribution in [2.45, 2.75) is 51.4 Å². The first-order chi connectivity index (χ1) is 19.2. The molecule has 142 valence electrons. The van der Waals surface area contributed by atoms with Crippen LogP contribution >= 0.6 is 0 Å². The zero-order valence-electron chi connectivity index (χ0n) is 31.0. The maximum Gasteiger partial charge on any atom is 0.344 e. The van der Waals surface area contributed by atoms with Gasteiger partial charge in [0.15, 0.2) is 12.2 Å². The van der Waals surface area contributed by atoms with Crippen molar-refractivity contribution in [3.63, 3.8) is 0 Å². The van der Waals surface area contributed by atoms with E-state index in [0.29, 0.717) is 12.8 Å². The molecule has 1 aromatic carbocycles. The monoisotopic (exact) mass is 374 g/mol. The molecule has 26 heavy (non-hydrogen) atoms. The topological polar surface area (TPSA) is 49.8 Å². The molecular formula is C22H31NO3. The normalized spacial score (nSPS) is 29.4. The molecule has 1 saturated carbocycles. The van der Waals surface area contributed by atoms with Gasteiger partial charge >= 0.3 is 5.97 Å². The smallest absolute Gasteiger partial charge is 0.344 e. The minimum absolute atomic E-state index is 0.159. The van der Waals surface area contributed by atoms with E-state index in [4.69, 9.17) is 28.0 Å². The highest BCUT2D eigenvalue weighted by Gasteiger charge is 2.46. The summed E-state index contributed by atoms with van der Waals surface area (Å²) in [5.74, 6) is 0.862. The Kier molecular flexibility index (Phi) is 2.90. The zero-order chi connectivity index (χ0) is 33.6. The highest BCUT2D eigenvalue weighted by atomic mass is 16.5. The Bertz CT molecular complexity index is 1220. The van der Waals surface area contributed by atoms with Crippen LogP contribution in [-0.2, 0) is 15.1 Å². The van der Waals surface area contributed by atoms with Gasteiger partial charge in [0, 0.05) is 19.6 Å². The summed E-state index contributed by atoms with van der Waals surface area (Å²) in [6, 6.07) is -4.31. The maximum atomic E-state index is 13.5. The lowest BCUT2D eigenvalue weighted by Crippen LogP contribution is -2.45. The number of nitrogens with zero attached hydrogens (tertiary/aromatic N) is 1. The summed E-state index contributed by atoms with van der Waals surface area (Å²) < 4.78 is 137. The number of carbonyl (C=O) groups excluding carboxylic acids is 1. The summed E-state index contributed by atoms with van der Waals surface area (Å²) in [4.78, 5) is 13.2. The first-order valence-electron chi connectivity index (χ1n) is 16.6. The zero-order valence-corrected chi connectivity index (χ0v) is 14.0. The molecular weight excluding hydrogens is 326 g/mol. The number of aliphatic hydroxyl groups is 1. The lowest BCUT2D eigenvalue weighted by atomic mass is 9.73. The van der Waals surface area contributed by atoms with Gasteiger partial charge in [0.05, 0.1) is 16.1 Å². The van der Waals surface area contributed by atoms with Crippen LogP contribution in [0.2, 0.25) is 0 Å². The van der Waals surface area contributed by atoms with Gasteiger partial charge in [-0.25, -0.2) is 4.79 Å². The number of hydrogen-bond donors (Lipinski definition) is 1.